The molecule has 106 valence electrons. The van der Waals surface area contributed by atoms with E-state index in [1.165, 1.54) is 6.07 Å². The van der Waals surface area contributed by atoms with E-state index in [2.05, 4.69) is 13.8 Å². The average Bonchev–Trinajstić information content (AvgIpc) is 2.75. The van der Waals surface area contributed by atoms with Gasteiger partial charge in [-0.2, -0.15) is 0 Å². The number of benzene rings is 1. The van der Waals surface area contributed by atoms with Gasteiger partial charge in [-0.3, -0.25) is 0 Å². The van der Waals surface area contributed by atoms with E-state index in [0.717, 1.165) is 24.1 Å². The topological polar surface area (TPSA) is 25.2 Å². The van der Waals surface area contributed by atoms with Crippen molar-refractivity contribution in [2.24, 2.45) is 5.41 Å². The van der Waals surface area contributed by atoms with Gasteiger partial charge in [0.25, 0.3) is 0 Å². The SMILES string of the molecule is CC1(C)Cc2c(ccn2-c2cccc(Cl)c2F)C(O)C1. The smallest absolute Gasteiger partial charge is 0.165 e. The Morgan fingerprint density at radius 2 is 2.10 bits per heavy atom. The number of rotatable bonds is 1. The summed E-state index contributed by atoms with van der Waals surface area (Å²) in [6.45, 7) is 4.23. The molecular weight excluding hydrogens is 277 g/mol. The van der Waals surface area contributed by atoms with Crippen molar-refractivity contribution in [3.63, 3.8) is 0 Å². The molecule has 0 fully saturated rings. The molecule has 2 nitrogen and oxygen atoms in total. The summed E-state index contributed by atoms with van der Waals surface area (Å²) in [7, 11) is 0. The highest BCUT2D eigenvalue weighted by atomic mass is 35.5. The highest BCUT2D eigenvalue weighted by molar-refractivity contribution is 6.30. The predicted octanol–water partition coefficient (Wildman–Crippen LogP) is 4.28. The molecule has 1 aromatic heterocycles. The number of aliphatic hydroxyl groups excluding tert-OH is 1. The molecule has 1 aliphatic rings. The van der Waals surface area contributed by atoms with Crippen molar-refractivity contribution in [2.75, 3.05) is 0 Å². The molecule has 1 unspecified atom stereocenters. The number of aromatic nitrogens is 1. The van der Waals surface area contributed by atoms with Gasteiger partial charge in [0.1, 0.15) is 0 Å². The van der Waals surface area contributed by atoms with Crippen molar-refractivity contribution < 1.29 is 9.50 Å². The number of nitrogens with zero attached hydrogens (tertiary/aromatic N) is 1. The maximum Gasteiger partial charge on any atom is 0.165 e. The molecular formula is C16H17ClFNO. The van der Waals surface area contributed by atoms with Crippen LogP contribution in [0.4, 0.5) is 4.39 Å². The first-order valence-electron chi connectivity index (χ1n) is 6.72. The van der Waals surface area contributed by atoms with Crippen LogP contribution in [0.3, 0.4) is 0 Å². The van der Waals surface area contributed by atoms with Crippen molar-refractivity contribution in [1.29, 1.82) is 0 Å². The van der Waals surface area contributed by atoms with Gasteiger partial charge >= 0.3 is 0 Å². The van der Waals surface area contributed by atoms with Crippen LogP contribution in [0.2, 0.25) is 5.02 Å². The Labute approximate surface area is 122 Å². The van der Waals surface area contributed by atoms with E-state index in [0.29, 0.717) is 5.69 Å². The van der Waals surface area contributed by atoms with E-state index in [9.17, 15) is 9.50 Å². The minimum atomic E-state index is -0.489. The van der Waals surface area contributed by atoms with Crippen LogP contribution in [0.5, 0.6) is 0 Å². The first-order valence-corrected chi connectivity index (χ1v) is 7.09. The van der Waals surface area contributed by atoms with Crippen LogP contribution in [-0.4, -0.2) is 9.67 Å². The number of aliphatic hydroxyl groups is 1. The quantitative estimate of drug-likeness (QED) is 0.834. The zero-order valence-corrected chi connectivity index (χ0v) is 12.3. The van der Waals surface area contributed by atoms with Gasteiger partial charge in [-0.15, -0.1) is 0 Å². The normalized spacial score (nSPS) is 20.8. The molecule has 1 aliphatic carbocycles. The molecule has 3 rings (SSSR count). The first kappa shape index (κ1) is 13.7. The fourth-order valence-corrected chi connectivity index (χ4v) is 3.20. The van der Waals surface area contributed by atoms with E-state index in [4.69, 9.17) is 11.6 Å². The lowest BCUT2D eigenvalue weighted by molar-refractivity contribution is 0.0986. The fraction of sp³-hybridized carbons (Fsp3) is 0.375. The minimum Gasteiger partial charge on any atom is -0.388 e. The van der Waals surface area contributed by atoms with Gasteiger partial charge < -0.3 is 9.67 Å². The summed E-state index contributed by atoms with van der Waals surface area (Å²) >= 11 is 5.86. The Bertz CT molecular complexity index is 662. The zero-order valence-electron chi connectivity index (χ0n) is 11.5. The molecule has 1 N–H and O–H groups in total. The van der Waals surface area contributed by atoms with E-state index in [-0.39, 0.29) is 10.4 Å². The zero-order chi connectivity index (χ0) is 14.5. The molecule has 0 aliphatic heterocycles. The van der Waals surface area contributed by atoms with Crippen molar-refractivity contribution >= 4 is 11.6 Å². The Morgan fingerprint density at radius 1 is 1.35 bits per heavy atom. The van der Waals surface area contributed by atoms with Crippen LogP contribution in [0.15, 0.2) is 30.5 Å². The van der Waals surface area contributed by atoms with Gasteiger partial charge in [0, 0.05) is 17.5 Å². The lowest BCUT2D eigenvalue weighted by Gasteiger charge is -2.34. The van der Waals surface area contributed by atoms with Gasteiger partial charge in [0.05, 0.1) is 16.8 Å². The minimum absolute atomic E-state index is 0.00241. The highest BCUT2D eigenvalue weighted by Gasteiger charge is 2.33. The molecule has 1 aromatic carbocycles. The number of hydrogen-bond acceptors (Lipinski definition) is 1. The molecule has 0 spiro atoms. The molecule has 0 radical (unpaired) electrons. The molecule has 0 saturated heterocycles. The van der Waals surface area contributed by atoms with Crippen molar-refractivity contribution in [3.8, 4) is 5.69 Å². The second kappa shape index (κ2) is 4.61. The second-order valence-corrected chi connectivity index (χ2v) is 6.63. The summed E-state index contributed by atoms with van der Waals surface area (Å²) in [5, 5.41) is 10.4. The van der Waals surface area contributed by atoms with E-state index < -0.39 is 11.9 Å². The van der Waals surface area contributed by atoms with Crippen molar-refractivity contribution in [1.82, 2.24) is 4.57 Å². The standard InChI is InChI=1S/C16H17ClFNO/c1-16(2)8-13-10(14(20)9-16)6-7-19(13)12-5-3-4-11(17)15(12)18/h3-7,14,20H,8-9H2,1-2H3. The van der Waals surface area contributed by atoms with Crippen LogP contribution in [0, 0.1) is 11.2 Å². The van der Waals surface area contributed by atoms with Crippen LogP contribution in [0.1, 0.15) is 37.6 Å². The van der Waals surface area contributed by atoms with Crippen molar-refractivity contribution in [2.45, 2.75) is 32.8 Å². The lowest BCUT2D eigenvalue weighted by Crippen LogP contribution is -2.26. The van der Waals surface area contributed by atoms with Gasteiger partial charge in [-0.1, -0.05) is 31.5 Å². The van der Waals surface area contributed by atoms with Crippen LogP contribution in [-0.2, 0) is 6.42 Å². The summed E-state index contributed by atoms with van der Waals surface area (Å²) in [6, 6.07) is 6.84. The van der Waals surface area contributed by atoms with E-state index in [1.54, 1.807) is 16.7 Å². The molecule has 20 heavy (non-hydrogen) atoms. The van der Waals surface area contributed by atoms with Crippen LogP contribution in [0.25, 0.3) is 5.69 Å². The summed E-state index contributed by atoms with van der Waals surface area (Å²) in [4.78, 5) is 0. The van der Waals surface area contributed by atoms with Crippen LogP contribution >= 0.6 is 11.6 Å². The maximum absolute atomic E-state index is 14.2. The third-order valence-electron chi connectivity index (χ3n) is 3.97. The van der Waals surface area contributed by atoms with Crippen molar-refractivity contribution in [3.05, 3.63) is 52.6 Å². The second-order valence-electron chi connectivity index (χ2n) is 6.22. The Morgan fingerprint density at radius 3 is 2.85 bits per heavy atom. The first-order chi connectivity index (χ1) is 9.39. The molecule has 2 aromatic rings. The molecule has 0 saturated carbocycles. The number of halogens is 2. The largest absolute Gasteiger partial charge is 0.388 e. The maximum atomic E-state index is 14.2. The number of fused-ring (bicyclic) bond motifs is 1. The monoisotopic (exact) mass is 293 g/mol. The molecule has 1 atom stereocenters. The Hall–Kier alpha value is -1.32. The number of hydrogen-bond donors (Lipinski definition) is 1. The Balaban J connectivity index is 2.16. The summed E-state index contributed by atoms with van der Waals surface area (Å²) in [5.74, 6) is -0.426. The van der Waals surface area contributed by atoms with E-state index >= 15 is 0 Å². The van der Waals surface area contributed by atoms with Gasteiger partial charge in [-0.25, -0.2) is 4.39 Å². The van der Waals surface area contributed by atoms with E-state index in [1.807, 2.05) is 12.3 Å². The average molecular weight is 294 g/mol. The van der Waals surface area contributed by atoms with Gasteiger partial charge in [0.15, 0.2) is 5.82 Å². The van der Waals surface area contributed by atoms with Crippen LogP contribution < -0.4 is 0 Å². The molecule has 0 amide bonds. The summed E-state index contributed by atoms with van der Waals surface area (Å²) in [5.41, 5.74) is 2.29. The predicted molar refractivity (Wildman–Crippen MR) is 77.8 cm³/mol. The highest BCUT2D eigenvalue weighted by Crippen LogP contribution is 2.42. The van der Waals surface area contributed by atoms with Gasteiger partial charge in [0.2, 0.25) is 0 Å². The lowest BCUT2D eigenvalue weighted by atomic mass is 9.75. The third kappa shape index (κ3) is 2.15. The van der Waals surface area contributed by atoms with Gasteiger partial charge in [-0.05, 0) is 36.5 Å². The molecule has 0 bridgehead atoms. The summed E-state index contributed by atoms with van der Waals surface area (Å²) < 4.78 is 16.0. The third-order valence-corrected chi connectivity index (χ3v) is 4.26. The molecule has 4 heteroatoms. The molecule has 1 heterocycles. The Kier molecular flexibility index (Phi) is 3.14. The fourth-order valence-electron chi connectivity index (χ4n) is 3.03. The summed E-state index contributed by atoms with van der Waals surface area (Å²) in [6.07, 6.45) is 2.85.